The third kappa shape index (κ3) is 5.50. The van der Waals surface area contributed by atoms with E-state index in [4.69, 9.17) is 16.3 Å². The molecule has 0 radical (unpaired) electrons. The second-order valence-corrected chi connectivity index (χ2v) is 9.23. The van der Waals surface area contributed by atoms with Gasteiger partial charge in [0.05, 0.1) is 5.57 Å². The van der Waals surface area contributed by atoms with E-state index in [9.17, 15) is 4.79 Å². The molecule has 2 atom stereocenters. The highest BCUT2D eigenvalue weighted by Gasteiger charge is 2.32. The van der Waals surface area contributed by atoms with Crippen LogP contribution in [0.15, 0.2) is 46.2 Å². The Labute approximate surface area is 175 Å². The van der Waals surface area contributed by atoms with Crippen molar-refractivity contribution in [2.75, 3.05) is 0 Å². The first-order chi connectivity index (χ1) is 13.3. The number of rotatable bonds is 2. The van der Waals surface area contributed by atoms with E-state index in [2.05, 4.69) is 22.1 Å². The van der Waals surface area contributed by atoms with Gasteiger partial charge in [0, 0.05) is 29.1 Å². The molecule has 28 heavy (non-hydrogen) atoms. The number of aromatic nitrogens is 1. The zero-order valence-electron chi connectivity index (χ0n) is 16.4. The number of esters is 1. The van der Waals surface area contributed by atoms with Crippen molar-refractivity contribution in [2.24, 2.45) is 11.8 Å². The molecule has 1 fully saturated rings. The average molecular weight is 417 g/mol. The number of ether oxygens (including phenoxy) is 1. The molecule has 3 rings (SSSR count). The first kappa shape index (κ1) is 20.7. The number of hydrogen-bond acceptors (Lipinski definition) is 5. The molecule has 0 bridgehead atoms. The molecule has 1 N–H and O–H groups in total. The standard InChI is InChI=1S/C22H25ClN2O2S/c1-22(2,3)27-21(26)17-9-6-10-18(23)25-20(17)16-8-5-4-7-15(16)11-12-19-24-13-14-28-19/h6,9-10,13-16,25H,4-5,7-8H2,1-3H3. The van der Waals surface area contributed by atoms with Gasteiger partial charge in [0.2, 0.25) is 0 Å². The van der Waals surface area contributed by atoms with Crippen molar-refractivity contribution in [2.45, 2.75) is 52.1 Å². The molecule has 1 aliphatic carbocycles. The smallest absolute Gasteiger partial charge is 0.340 e. The summed E-state index contributed by atoms with van der Waals surface area (Å²) in [6.45, 7) is 5.60. The number of carbonyl (C=O) groups is 1. The van der Waals surface area contributed by atoms with Gasteiger partial charge in [-0.05, 0) is 51.7 Å². The summed E-state index contributed by atoms with van der Waals surface area (Å²) in [5.41, 5.74) is 0.764. The maximum absolute atomic E-state index is 12.9. The van der Waals surface area contributed by atoms with Gasteiger partial charge in [0.1, 0.15) is 10.8 Å². The monoisotopic (exact) mass is 416 g/mol. The highest BCUT2D eigenvalue weighted by atomic mass is 35.5. The van der Waals surface area contributed by atoms with Crippen molar-refractivity contribution >= 4 is 28.9 Å². The molecule has 1 saturated carbocycles. The molecule has 0 amide bonds. The van der Waals surface area contributed by atoms with Crippen LogP contribution >= 0.6 is 22.9 Å². The molecule has 0 saturated heterocycles. The third-order valence-corrected chi connectivity index (χ3v) is 5.51. The van der Waals surface area contributed by atoms with Crippen LogP contribution in [0, 0.1) is 23.7 Å². The number of hydrogen-bond donors (Lipinski definition) is 1. The topological polar surface area (TPSA) is 51.2 Å². The summed E-state index contributed by atoms with van der Waals surface area (Å²) < 4.78 is 5.64. The molecule has 6 heteroatoms. The molecule has 2 aliphatic rings. The van der Waals surface area contributed by atoms with E-state index in [1.54, 1.807) is 24.4 Å². The highest BCUT2D eigenvalue weighted by Crippen LogP contribution is 2.37. The van der Waals surface area contributed by atoms with Gasteiger partial charge >= 0.3 is 5.97 Å². The van der Waals surface area contributed by atoms with Crippen LogP contribution in [0.4, 0.5) is 0 Å². The number of nitrogens with one attached hydrogen (secondary N) is 1. The van der Waals surface area contributed by atoms with E-state index in [1.165, 1.54) is 11.3 Å². The summed E-state index contributed by atoms with van der Waals surface area (Å²) in [4.78, 5) is 17.1. The Bertz CT molecular complexity index is 867. The van der Waals surface area contributed by atoms with Gasteiger partial charge in [0.15, 0.2) is 5.01 Å². The van der Waals surface area contributed by atoms with Gasteiger partial charge in [0.25, 0.3) is 0 Å². The fourth-order valence-electron chi connectivity index (χ4n) is 3.45. The Hall–Kier alpha value is -2.03. The Balaban J connectivity index is 1.96. The Kier molecular flexibility index (Phi) is 6.64. The summed E-state index contributed by atoms with van der Waals surface area (Å²) >= 11 is 7.85. The van der Waals surface area contributed by atoms with Crippen LogP contribution < -0.4 is 5.32 Å². The van der Waals surface area contributed by atoms with Gasteiger partial charge in [-0.25, -0.2) is 9.78 Å². The van der Waals surface area contributed by atoms with Crippen LogP contribution in [0.3, 0.4) is 0 Å². The second kappa shape index (κ2) is 8.98. The molecule has 1 aliphatic heterocycles. The van der Waals surface area contributed by atoms with Crippen molar-refractivity contribution in [3.05, 3.63) is 51.2 Å². The van der Waals surface area contributed by atoms with E-state index >= 15 is 0 Å². The number of nitrogens with zero attached hydrogens (tertiary/aromatic N) is 1. The molecule has 0 spiro atoms. The van der Waals surface area contributed by atoms with Gasteiger partial charge in [-0.2, -0.15) is 0 Å². The minimum Gasteiger partial charge on any atom is -0.456 e. The van der Waals surface area contributed by atoms with E-state index in [-0.39, 0.29) is 17.8 Å². The number of carbonyl (C=O) groups excluding carboxylic acids is 1. The number of thiazole rings is 1. The lowest BCUT2D eigenvalue weighted by Gasteiger charge is -2.32. The quantitative estimate of drug-likeness (QED) is 0.412. The summed E-state index contributed by atoms with van der Waals surface area (Å²) in [7, 11) is 0. The van der Waals surface area contributed by atoms with Crippen LogP contribution in [0.1, 0.15) is 51.5 Å². The Morgan fingerprint density at radius 3 is 2.86 bits per heavy atom. The van der Waals surface area contributed by atoms with Crippen LogP contribution in [-0.4, -0.2) is 16.6 Å². The van der Waals surface area contributed by atoms with E-state index < -0.39 is 5.60 Å². The average Bonchev–Trinajstić information content (AvgIpc) is 3.07. The summed E-state index contributed by atoms with van der Waals surface area (Å²) in [6, 6.07) is 0. The van der Waals surface area contributed by atoms with Gasteiger partial charge in [-0.3, -0.25) is 0 Å². The predicted molar refractivity (Wildman–Crippen MR) is 114 cm³/mol. The summed E-state index contributed by atoms with van der Waals surface area (Å²) in [6.07, 6.45) is 11.2. The van der Waals surface area contributed by atoms with Crippen LogP contribution in [0.2, 0.25) is 0 Å². The normalized spacial score (nSPS) is 22.5. The maximum atomic E-state index is 12.9. The highest BCUT2D eigenvalue weighted by molar-refractivity contribution is 7.10. The van der Waals surface area contributed by atoms with Gasteiger partial charge in [-0.1, -0.05) is 36.4 Å². The van der Waals surface area contributed by atoms with Crippen LogP contribution in [-0.2, 0) is 9.53 Å². The van der Waals surface area contributed by atoms with Crippen molar-refractivity contribution in [3.63, 3.8) is 0 Å². The van der Waals surface area contributed by atoms with Crippen LogP contribution in [0.25, 0.3) is 0 Å². The summed E-state index contributed by atoms with van der Waals surface area (Å²) in [5, 5.41) is 6.48. The van der Waals surface area contributed by atoms with Gasteiger partial charge < -0.3 is 10.1 Å². The first-order valence-electron chi connectivity index (χ1n) is 9.53. The SMILES string of the molecule is CC(C)(C)OC(=O)C1=C(C2CCCCC2C#Cc2nccs2)NC(Cl)=CC=C1. The van der Waals surface area contributed by atoms with Crippen molar-refractivity contribution in [1.82, 2.24) is 10.3 Å². The molecular formula is C22H25ClN2O2S. The first-order valence-corrected chi connectivity index (χ1v) is 10.8. The van der Waals surface area contributed by atoms with Crippen molar-refractivity contribution < 1.29 is 9.53 Å². The zero-order valence-corrected chi connectivity index (χ0v) is 18.0. The molecule has 1 aromatic heterocycles. The number of allylic oxidation sites excluding steroid dienone is 3. The molecule has 2 heterocycles. The van der Waals surface area contributed by atoms with Crippen LogP contribution in [0.5, 0.6) is 0 Å². The molecule has 0 aromatic carbocycles. The van der Waals surface area contributed by atoms with Gasteiger partial charge in [-0.15, -0.1) is 11.3 Å². The molecular weight excluding hydrogens is 392 g/mol. The fourth-order valence-corrected chi connectivity index (χ4v) is 4.11. The van der Waals surface area contributed by atoms with E-state index in [0.29, 0.717) is 10.7 Å². The Morgan fingerprint density at radius 1 is 1.36 bits per heavy atom. The van der Waals surface area contributed by atoms with Crippen molar-refractivity contribution in [3.8, 4) is 11.8 Å². The molecule has 4 nitrogen and oxygen atoms in total. The lowest BCUT2D eigenvalue weighted by molar-refractivity contribution is -0.149. The largest absolute Gasteiger partial charge is 0.456 e. The lowest BCUT2D eigenvalue weighted by atomic mass is 9.76. The minimum absolute atomic E-state index is 0.0913. The van der Waals surface area contributed by atoms with E-state index in [1.807, 2.05) is 26.2 Å². The zero-order chi connectivity index (χ0) is 20.1. The minimum atomic E-state index is -0.566. The molecule has 1 aromatic rings. The second-order valence-electron chi connectivity index (χ2n) is 7.93. The molecule has 2 unspecified atom stereocenters. The summed E-state index contributed by atoms with van der Waals surface area (Å²) in [5.74, 6) is 6.48. The third-order valence-electron chi connectivity index (χ3n) is 4.60. The maximum Gasteiger partial charge on any atom is 0.340 e. The Morgan fingerprint density at radius 2 is 2.14 bits per heavy atom. The van der Waals surface area contributed by atoms with E-state index in [0.717, 1.165) is 36.4 Å². The van der Waals surface area contributed by atoms with Crippen molar-refractivity contribution in [1.29, 1.82) is 0 Å². The number of halogens is 1. The lowest BCUT2D eigenvalue weighted by Crippen LogP contribution is -2.31. The predicted octanol–water partition coefficient (Wildman–Crippen LogP) is 5.14. The molecule has 148 valence electrons. The fraction of sp³-hybridized carbons (Fsp3) is 0.455.